The van der Waals surface area contributed by atoms with Gasteiger partial charge in [-0.2, -0.15) is 21.6 Å². The van der Waals surface area contributed by atoms with Crippen LogP contribution in [0.5, 0.6) is 5.75 Å². The first-order valence-corrected chi connectivity index (χ1v) is 11.6. The number of benzene rings is 1. The molecule has 2 heterocycles. The molecule has 0 amide bonds. The fraction of sp³-hybridized carbons (Fsp3) is 0.364. The van der Waals surface area contributed by atoms with Gasteiger partial charge in [0, 0.05) is 12.4 Å². The number of nitrogens with one attached hydrogen (secondary N) is 1. The van der Waals surface area contributed by atoms with E-state index in [0.717, 1.165) is 5.56 Å². The minimum Gasteiger partial charge on any atom is -0.487 e. The summed E-state index contributed by atoms with van der Waals surface area (Å²) in [5.41, 5.74) is 1.12. The monoisotopic (exact) mass is 484 g/mol. The van der Waals surface area contributed by atoms with Crippen LogP contribution in [0.1, 0.15) is 31.2 Å². The molecular formula is C22H23F3N2O5S. The number of ether oxygens (including phenoxy) is 1. The maximum absolute atomic E-state index is 12.7. The highest BCUT2D eigenvalue weighted by Crippen LogP contribution is 2.38. The van der Waals surface area contributed by atoms with Crippen LogP contribution in [0.3, 0.4) is 0 Å². The second-order valence-electron chi connectivity index (χ2n) is 7.80. The molecule has 1 aliphatic carbocycles. The summed E-state index contributed by atoms with van der Waals surface area (Å²) < 4.78 is 73.3. The number of fused-ring (bicyclic) bond motifs is 1. The number of aromatic nitrogens is 2. The number of rotatable bonds is 3. The molecule has 0 saturated heterocycles. The first-order chi connectivity index (χ1) is 15.4. The van der Waals surface area contributed by atoms with E-state index in [1.165, 1.54) is 18.3 Å². The van der Waals surface area contributed by atoms with E-state index in [9.17, 15) is 26.4 Å². The topological polar surface area (TPSA) is 109 Å². The van der Waals surface area contributed by atoms with E-state index in [2.05, 4.69) is 9.97 Å². The molecule has 0 spiro atoms. The van der Waals surface area contributed by atoms with Crippen molar-refractivity contribution >= 4 is 21.0 Å². The number of pyridine rings is 2. The number of aromatic amines is 1. The molecule has 33 heavy (non-hydrogen) atoms. The van der Waals surface area contributed by atoms with E-state index in [0.29, 0.717) is 29.5 Å². The van der Waals surface area contributed by atoms with Crippen molar-refractivity contribution in [2.75, 3.05) is 0 Å². The van der Waals surface area contributed by atoms with Crippen LogP contribution in [0, 0.1) is 12.8 Å². The third kappa shape index (κ3) is 6.55. The average Bonchev–Trinajstić information content (AvgIpc) is 2.76. The van der Waals surface area contributed by atoms with Gasteiger partial charge in [-0.05, 0) is 56.9 Å². The molecule has 11 heteroatoms. The van der Waals surface area contributed by atoms with Crippen molar-refractivity contribution in [2.45, 2.75) is 49.8 Å². The lowest BCUT2D eigenvalue weighted by Crippen LogP contribution is -2.32. The molecule has 1 saturated carbocycles. The molecule has 7 nitrogen and oxygen atoms in total. The van der Waals surface area contributed by atoms with E-state index in [4.69, 9.17) is 9.29 Å². The maximum atomic E-state index is 12.7. The minimum absolute atomic E-state index is 0.0666. The highest BCUT2D eigenvalue weighted by Gasteiger charge is 2.41. The lowest BCUT2D eigenvalue weighted by atomic mass is 9.87. The molecule has 1 aliphatic rings. The Labute approximate surface area is 188 Å². The van der Waals surface area contributed by atoms with Gasteiger partial charge in [-0.3, -0.25) is 14.3 Å². The van der Waals surface area contributed by atoms with Crippen molar-refractivity contribution in [1.29, 1.82) is 0 Å². The van der Waals surface area contributed by atoms with Crippen LogP contribution in [-0.2, 0) is 10.1 Å². The predicted molar refractivity (Wildman–Crippen MR) is 116 cm³/mol. The maximum Gasteiger partial charge on any atom is 0.391 e. The third-order valence-electron chi connectivity index (χ3n) is 5.37. The highest BCUT2D eigenvalue weighted by molar-refractivity contribution is 7.85. The Kier molecular flexibility index (Phi) is 7.43. The zero-order valence-electron chi connectivity index (χ0n) is 17.7. The molecule has 1 fully saturated rings. The molecule has 0 radical (unpaired) electrons. The van der Waals surface area contributed by atoms with E-state index < -0.39 is 22.2 Å². The third-order valence-corrected chi connectivity index (χ3v) is 6.24. The molecular weight excluding hydrogens is 461 g/mol. The van der Waals surface area contributed by atoms with Crippen LogP contribution >= 0.6 is 0 Å². The van der Waals surface area contributed by atoms with E-state index >= 15 is 0 Å². The second kappa shape index (κ2) is 9.92. The van der Waals surface area contributed by atoms with Crippen LogP contribution in [0.15, 0.2) is 58.5 Å². The van der Waals surface area contributed by atoms with Crippen LogP contribution in [0.2, 0.25) is 0 Å². The summed E-state index contributed by atoms with van der Waals surface area (Å²) in [6.07, 6.45) is -0.601. The number of nitrogens with zero attached hydrogens (tertiary/aromatic N) is 1. The smallest absolute Gasteiger partial charge is 0.391 e. The van der Waals surface area contributed by atoms with Crippen molar-refractivity contribution in [3.8, 4) is 5.75 Å². The van der Waals surface area contributed by atoms with Gasteiger partial charge in [-0.1, -0.05) is 17.7 Å². The van der Waals surface area contributed by atoms with Gasteiger partial charge in [-0.15, -0.1) is 0 Å². The number of hydrogen-bond donors (Lipinski definition) is 2. The standard InChI is InChI=1S/C15H15F3N2O2.C7H8O3S/c16-15(17,18)9-3-5-10(6-4-9)22-12-8-20-14(21)11-2-1-7-19-13(11)12;1-6-2-4-7(5-3-6)11(8,9)10/h1-2,7-10H,3-6H2,(H,20,21);2-5H,1H3,(H,8,9,10). The fourth-order valence-corrected chi connectivity index (χ4v) is 4.03. The van der Waals surface area contributed by atoms with E-state index in [-0.39, 0.29) is 29.4 Å². The number of H-pyrrole nitrogens is 1. The summed E-state index contributed by atoms with van der Waals surface area (Å²) in [5, 5.41) is 0.406. The molecule has 178 valence electrons. The van der Waals surface area contributed by atoms with Gasteiger partial charge in [-0.25, -0.2) is 0 Å². The first kappa shape index (κ1) is 24.7. The number of halogens is 3. The summed E-state index contributed by atoms with van der Waals surface area (Å²) in [6.45, 7) is 1.84. The second-order valence-corrected chi connectivity index (χ2v) is 9.22. The molecule has 2 N–H and O–H groups in total. The van der Waals surface area contributed by atoms with Gasteiger partial charge in [0.15, 0.2) is 5.75 Å². The minimum atomic E-state index is -4.13. The van der Waals surface area contributed by atoms with Crippen LogP contribution in [-0.4, -0.2) is 35.2 Å². The number of aryl methyl sites for hydroxylation is 1. The molecule has 0 atom stereocenters. The van der Waals surface area contributed by atoms with Crippen molar-refractivity contribution < 1.29 is 30.9 Å². The first-order valence-electron chi connectivity index (χ1n) is 10.2. The van der Waals surface area contributed by atoms with Crippen molar-refractivity contribution in [2.24, 2.45) is 5.92 Å². The summed E-state index contributed by atoms with van der Waals surface area (Å²) >= 11 is 0. The largest absolute Gasteiger partial charge is 0.487 e. The lowest BCUT2D eigenvalue weighted by molar-refractivity contribution is -0.185. The average molecular weight is 484 g/mol. The SMILES string of the molecule is Cc1ccc(S(=O)(=O)O)cc1.O=c1[nH]cc(OC2CCC(C(F)(F)F)CC2)c2ncccc12. The molecule has 1 aromatic carbocycles. The summed E-state index contributed by atoms with van der Waals surface area (Å²) in [6, 6.07) is 9.27. The molecule has 0 aliphatic heterocycles. The molecule has 0 unspecified atom stereocenters. The Morgan fingerprint density at radius 2 is 1.73 bits per heavy atom. The number of hydrogen-bond acceptors (Lipinski definition) is 5. The van der Waals surface area contributed by atoms with Gasteiger partial charge in [0.1, 0.15) is 5.52 Å². The Morgan fingerprint density at radius 3 is 2.30 bits per heavy atom. The van der Waals surface area contributed by atoms with Crippen molar-refractivity contribution in [3.05, 3.63) is 64.7 Å². The molecule has 0 bridgehead atoms. The van der Waals surface area contributed by atoms with E-state index in [1.54, 1.807) is 30.5 Å². The van der Waals surface area contributed by atoms with Gasteiger partial charge < -0.3 is 9.72 Å². The lowest BCUT2D eigenvalue weighted by Gasteiger charge is -2.30. The Morgan fingerprint density at radius 1 is 1.09 bits per heavy atom. The number of alkyl halides is 3. The fourth-order valence-electron chi connectivity index (χ4n) is 3.55. The zero-order chi connectivity index (χ0) is 24.2. The van der Waals surface area contributed by atoms with Crippen molar-refractivity contribution in [1.82, 2.24) is 9.97 Å². The summed E-state index contributed by atoms with van der Waals surface area (Å²) in [5.74, 6) is -0.830. The van der Waals surface area contributed by atoms with Crippen LogP contribution in [0.4, 0.5) is 13.2 Å². The van der Waals surface area contributed by atoms with Crippen molar-refractivity contribution in [3.63, 3.8) is 0 Å². The molecule has 4 rings (SSSR count). The van der Waals surface area contributed by atoms with Gasteiger partial charge >= 0.3 is 6.18 Å². The van der Waals surface area contributed by atoms with Gasteiger partial charge in [0.05, 0.1) is 22.3 Å². The van der Waals surface area contributed by atoms with Crippen LogP contribution < -0.4 is 10.3 Å². The molecule has 2 aromatic heterocycles. The van der Waals surface area contributed by atoms with Crippen LogP contribution in [0.25, 0.3) is 10.9 Å². The van der Waals surface area contributed by atoms with Gasteiger partial charge in [0.2, 0.25) is 0 Å². The van der Waals surface area contributed by atoms with Gasteiger partial charge in [0.25, 0.3) is 15.7 Å². The van der Waals surface area contributed by atoms with E-state index in [1.807, 2.05) is 6.92 Å². The quantitative estimate of drug-likeness (QED) is 0.523. The highest BCUT2D eigenvalue weighted by atomic mass is 32.2. The Hall–Kier alpha value is -2.92. The Balaban J connectivity index is 0.000000235. The Bertz CT molecular complexity index is 1250. The predicted octanol–water partition coefficient (Wildman–Crippen LogP) is 4.66. The summed E-state index contributed by atoms with van der Waals surface area (Å²) in [4.78, 5) is 18.3. The normalized spacial score (nSPS) is 18.9. The molecule has 3 aromatic rings. The summed E-state index contributed by atoms with van der Waals surface area (Å²) in [7, 11) is -4.02. The zero-order valence-corrected chi connectivity index (χ0v) is 18.5.